The average Bonchev–Trinajstić information content (AvgIpc) is 3.47. The first kappa shape index (κ1) is 31.4. The Morgan fingerprint density at radius 3 is 2.17 bits per heavy atom. The molecule has 5 rings (SSSR count). The normalized spacial score (nSPS) is 17.4. The predicted molar refractivity (Wildman–Crippen MR) is 166 cm³/mol. The highest BCUT2D eigenvalue weighted by atomic mass is 35.5. The maximum Gasteiger partial charge on any atom is 0.151 e. The number of hydrogen-bond acceptors (Lipinski definition) is 3. The van der Waals surface area contributed by atoms with E-state index in [1.165, 1.54) is 75.5 Å². The Morgan fingerprint density at radius 1 is 0.780 bits per heavy atom. The van der Waals surface area contributed by atoms with Crippen LogP contribution in [0.3, 0.4) is 0 Å². The zero-order valence-corrected chi connectivity index (χ0v) is 25.7. The number of halogens is 1. The summed E-state index contributed by atoms with van der Waals surface area (Å²) >= 11 is 0. The van der Waals surface area contributed by atoms with E-state index in [0.717, 1.165) is 55.5 Å². The minimum absolute atomic E-state index is 0. The second kappa shape index (κ2) is 16.8. The number of hydrogen-bond donors (Lipinski definition) is 1. The Balaban J connectivity index is 0.00000387. The monoisotopic (exact) mass is 576 g/mol. The van der Waals surface area contributed by atoms with Gasteiger partial charge in [-0.1, -0.05) is 87.6 Å². The van der Waals surface area contributed by atoms with E-state index in [4.69, 9.17) is 9.47 Å². The highest BCUT2D eigenvalue weighted by molar-refractivity contribution is 5.77. The molecule has 2 heterocycles. The number of quaternary nitrogens is 1. The van der Waals surface area contributed by atoms with Crippen molar-refractivity contribution in [3.63, 3.8) is 0 Å². The second-order valence-electron chi connectivity index (χ2n) is 11.7. The van der Waals surface area contributed by atoms with Crippen LogP contribution in [0.1, 0.15) is 88.2 Å². The van der Waals surface area contributed by atoms with E-state index in [0.29, 0.717) is 12.0 Å². The number of aryl methyl sites for hydroxylation is 1. The molecule has 0 aromatic heterocycles. The topological polar surface area (TPSA) is 38.3 Å². The number of anilines is 2. The van der Waals surface area contributed by atoms with Crippen LogP contribution in [0.15, 0.2) is 72.8 Å². The van der Waals surface area contributed by atoms with E-state index < -0.39 is 0 Å². The molecule has 0 radical (unpaired) electrons. The lowest BCUT2D eigenvalue weighted by Crippen LogP contribution is -3.00. The van der Waals surface area contributed by atoms with E-state index in [1.54, 1.807) is 0 Å². The van der Waals surface area contributed by atoms with Crippen LogP contribution >= 0.6 is 0 Å². The SMILES string of the molecule is CCCCCCCCc1ccc([C@H]2CC[NH2+][C@@H]2COCCCCCN2c3ccccc3Oc3ccccc32)cc1.[Cl-]. The maximum absolute atomic E-state index is 6.23. The van der Waals surface area contributed by atoms with Gasteiger partial charge in [-0.3, -0.25) is 0 Å². The van der Waals surface area contributed by atoms with Crippen LogP contribution < -0.4 is 27.4 Å². The molecule has 2 aliphatic heterocycles. The summed E-state index contributed by atoms with van der Waals surface area (Å²) < 4.78 is 12.4. The van der Waals surface area contributed by atoms with Gasteiger partial charge in [-0.15, -0.1) is 0 Å². The van der Waals surface area contributed by atoms with E-state index in [1.807, 2.05) is 12.1 Å². The number of rotatable bonds is 16. The van der Waals surface area contributed by atoms with E-state index >= 15 is 0 Å². The van der Waals surface area contributed by atoms with Crippen molar-refractivity contribution in [1.29, 1.82) is 0 Å². The van der Waals surface area contributed by atoms with Gasteiger partial charge in [0, 0.05) is 25.5 Å². The highest BCUT2D eigenvalue weighted by Crippen LogP contribution is 2.46. The van der Waals surface area contributed by atoms with Gasteiger partial charge in [-0.05, 0) is 67.5 Å². The molecule has 0 bridgehead atoms. The molecule has 0 amide bonds. The summed E-state index contributed by atoms with van der Waals surface area (Å²) in [7, 11) is 0. The summed E-state index contributed by atoms with van der Waals surface area (Å²) in [6.07, 6.45) is 14.1. The minimum atomic E-state index is 0. The van der Waals surface area contributed by atoms with Gasteiger partial charge in [0.1, 0.15) is 6.04 Å². The molecule has 3 aromatic carbocycles. The zero-order valence-electron chi connectivity index (χ0n) is 24.9. The molecule has 41 heavy (non-hydrogen) atoms. The van der Waals surface area contributed by atoms with Crippen molar-refractivity contribution >= 4 is 11.4 Å². The largest absolute Gasteiger partial charge is 1.00 e. The number of unbranched alkanes of at least 4 members (excludes halogenated alkanes) is 7. The van der Waals surface area contributed by atoms with Crippen molar-refractivity contribution in [2.75, 3.05) is 31.2 Å². The molecule has 3 aromatic rings. The summed E-state index contributed by atoms with van der Waals surface area (Å²) in [5.41, 5.74) is 5.32. The van der Waals surface area contributed by atoms with Crippen molar-refractivity contribution in [3.8, 4) is 11.5 Å². The molecule has 4 nitrogen and oxygen atoms in total. The Morgan fingerprint density at radius 2 is 1.44 bits per heavy atom. The van der Waals surface area contributed by atoms with Crippen molar-refractivity contribution in [3.05, 3.63) is 83.9 Å². The van der Waals surface area contributed by atoms with Crippen molar-refractivity contribution < 1.29 is 27.2 Å². The number of fused-ring (bicyclic) bond motifs is 2. The van der Waals surface area contributed by atoms with E-state index in [9.17, 15) is 0 Å². The quantitative estimate of drug-likeness (QED) is 0.240. The van der Waals surface area contributed by atoms with Crippen LogP contribution in [-0.2, 0) is 11.2 Å². The van der Waals surface area contributed by atoms with Crippen LogP contribution in [0.4, 0.5) is 11.4 Å². The van der Waals surface area contributed by atoms with Gasteiger partial charge >= 0.3 is 0 Å². The number of benzene rings is 3. The summed E-state index contributed by atoms with van der Waals surface area (Å²) in [4.78, 5) is 2.41. The first-order valence-corrected chi connectivity index (χ1v) is 16.0. The molecular weight excluding hydrogens is 528 g/mol. The Hall–Kier alpha value is -2.53. The molecule has 5 heteroatoms. The van der Waals surface area contributed by atoms with Gasteiger partial charge in [0.15, 0.2) is 11.5 Å². The first-order chi connectivity index (χ1) is 19.8. The molecule has 2 aliphatic rings. The number of ether oxygens (including phenoxy) is 2. The average molecular weight is 577 g/mol. The van der Waals surface area contributed by atoms with Crippen molar-refractivity contribution in [2.24, 2.45) is 0 Å². The molecule has 2 N–H and O–H groups in total. The second-order valence-corrected chi connectivity index (χ2v) is 11.7. The van der Waals surface area contributed by atoms with Gasteiger partial charge in [0.05, 0.1) is 24.5 Å². The summed E-state index contributed by atoms with van der Waals surface area (Å²) in [5, 5.41) is 2.50. The van der Waals surface area contributed by atoms with Crippen LogP contribution in [0.25, 0.3) is 0 Å². The number of nitrogens with zero attached hydrogens (tertiary/aromatic N) is 1. The number of para-hydroxylation sites is 4. The summed E-state index contributed by atoms with van der Waals surface area (Å²) in [5.74, 6) is 2.50. The standard InChI is InChI=1S/C36H48N2O2.ClH/c1-2-3-4-5-6-8-15-29-20-22-30(23-21-29)31-24-25-37-32(31)28-39-27-14-7-13-26-38-33-16-9-11-18-35(33)40-36-19-12-10-17-34(36)38;/h9-12,16-23,31-32,37H,2-8,13-15,24-28H2,1H3;1H/t31-,32-;/m1./s1. The molecule has 0 unspecified atom stereocenters. The predicted octanol–water partition coefficient (Wildman–Crippen LogP) is 5.14. The maximum atomic E-state index is 6.23. The fourth-order valence-electron chi connectivity index (χ4n) is 6.40. The third kappa shape index (κ3) is 8.73. The summed E-state index contributed by atoms with van der Waals surface area (Å²) in [6.45, 7) is 6.19. The molecule has 0 aliphatic carbocycles. The van der Waals surface area contributed by atoms with Crippen LogP contribution in [0, 0.1) is 0 Å². The van der Waals surface area contributed by atoms with Crippen LogP contribution in [-0.4, -0.2) is 32.3 Å². The molecule has 0 saturated carbocycles. The Bertz CT molecular complexity index is 1120. The molecule has 1 saturated heterocycles. The highest BCUT2D eigenvalue weighted by Gasteiger charge is 2.32. The molecule has 2 atom stereocenters. The van der Waals surface area contributed by atoms with Crippen LogP contribution in [0.2, 0.25) is 0 Å². The van der Waals surface area contributed by atoms with Gasteiger partial charge < -0.3 is 32.1 Å². The lowest BCUT2D eigenvalue weighted by molar-refractivity contribution is -0.673. The Labute approximate surface area is 254 Å². The minimum Gasteiger partial charge on any atom is -1.00 e. The van der Waals surface area contributed by atoms with E-state index in [-0.39, 0.29) is 12.4 Å². The number of nitrogens with two attached hydrogens (primary N) is 1. The lowest BCUT2D eigenvalue weighted by atomic mass is 9.91. The first-order valence-electron chi connectivity index (χ1n) is 16.0. The van der Waals surface area contributed by atoms with Gasteiger partial charge in [0.25, 0.3) is 0 Å². The van der Waals surface area contributed by atoms with Crippen molar-refractivity contribution in [2.45, 2.75) is 89.5 Å². The van der Waals surface area contributed by atoms with Gasteiger partial charge in [-0.2, -0.15) is 0 Å². The summed E-state index contributed by atoms with van der Waals surface area (Å²) in [6, 6.07) is 26.8. The fraction of sp³-hybridized carbons (Fsp3) is 0.500. The lowest BCUT2D eigenvalue weighted by Gasteiger charge is -2.32. The zero-order chi connectivity index (χ0) is 27.4. The Kier molecular flexibility index (Phi) is 12.9. The van der Waals surface area contributed by atoms with Crippen LogP contribution in [0.5, 0.6) is 11.5 Å². The third-order valence-corrected chi connectivity index (χ3v) is 8.70. The van der Waals surface area contributed by atoms with Crippen molar-refractivity contribution in [1.82, 2.24) is 0 Å². The van der Waals surface area contributed by atoms with Gasteiger partial charge in [0.2, 0.25) is 0 Å². The fourth-order valence-corrected chi connectivity index (χ4v) is 6.40. The molecular formula is C36H49ClN2O2. The third-order valence-electron chi connectivity index (χ3n) is 8.70. The van der Waals surface area contributed by atoms with Gasteiger partial charge in [-0.25, -0.2) is 0 Å². The molecule has 1 fully saturated rings. The molecule has 0 spiro atoms. The molecule has 222 valence electrons. The smallest absolute Gasteiger partial charge is 0.151 e. The van der Waals surface area contributed by atoms with E-state index in [2.05, 4.69) is 77.8 Å².